The summed E-state index contributed by atoms with van der Waals surface area (Å²) in [7, 11) is 0. The average Bonchev–Trinajstić information content (AvgIpc) is 2.85. The molecule has 16 heavy (non-hydrogen) atoms. The molecule has 4 heteroatoms. The number of rotatable bonds is 2. The molecule has 4 N–H and O–H groups in total. The summed E-state index contributed by atoms with van der Waals surface area (Å²) in [5.41, 5.74) is 7.04. The van der Waals surface area contributed by atoms with Crippen LogP contribution < -0.4 is 11.1 Å². The average molecular weight is 215 g/mol. The smallest absolute Gasteiger partial charge is 0.244 e. The lowest BCUT2D eigenvalue weighted by Crippen LogP contribution is -2.37. The van der Waals surface area contributed by atoms with Crippen LogP contribution in [0.5, 0.6) is 0 Å². The first-order valence-electron chi connectivity index (χ1n) is 5.35. The summed E-state index contributed by atoms with van der Waals surface area (Å²) in [5, 5.41) is 3.90. The van der Waals surface area contributed by atoms with Crippen LogP contribution in [0.25, 0.3) is 10.9 Å². The van der Waals surface area contributed by atoms with E-state index in [4.69, 9.17) is 5.73 Å². The van der Waals surface area contributed by atoms with Gasteiger partial charge in [-0.15, -0.1) is 0 Å². The normalized spacial score (nSPS) is 17.3. The van der Waals surface area contributed by atoms with E-state index in [-0.39, 0.29) is 5.91 Å². The quantitative estimate of drug-likeness (QED) is 0.712. The van der Waals surface area contributed by atoms with Gasteiger partial charge in [-0.1, -0.05) is 6.07 Å². The number of hydrogen-bond acceptors (Lipinski definition) is 2. The molecule has 82 valence electrons. The van der Waals surface area contributed by atoms with Crippen molar-refractivity contribution in [2.45, 2.75) is 18.4 Å². The first-order chi connectivity index (χ1) is 7.69. The fraction of sp³-hybridized carbons (Fsp3) is 0.250. The largest absolute Gasteiger partial charge is 0.361 e. The first kappa shape index (κ1) is 9.42. The number of amides is 1. The highest BCUT2D eigenvalue weighted by Gasteiger charge is 2.46. The lowest BCUT2D eigenvalue weighted by atomic mass is 10.2. The minimum atomic E-state index is -0.627. The van der Waals surface area contributed by atoms with Gasteiger partial charge in [0.25, 0.3) is 0 Å². The second-order valence-electron chi connectivity index (χ2n) is 4.35. The van der Waals surface area contributed by atoms with Crippen molar-refractivity contribution in [3.8, 4) is 0 Å². The summed E-state index contributed by atoms with van der Waals surface area (Å²) in [6.07, 6.45) is 3.42. The molecule has 0 saturated heterocycles. The number of carbonyl (C=O) groups excluding carboxylic acids is 1. The molecule has 0 unspecified atom stereocenters. The van der Waals surface area contributed by atoms with E-state index >= 15 is 0 Å². The van der Waals surface area contributed by atoms with Crippen LogP contribution in [0.4, 0.5) is 5.69 Å². The van der Waals surface area contributed by atoms with Crippen molar-refractivity contribution in [1.29, 1.82) is 0 Å². The zero-order chi connectivity index (χ0) is 11.2. The summed E-state index contributed by atoms with van der Waals surface area (Å²) >= 11 is 0. The SMILES string of the molecule is NC1(C(=O)Nc2cccc3[nH]ccc23)CC1. The van der Waals surface area contributed by atoms with Crippen molar-refractivity contribution in [2.24, 2.45) is 5.73 Å². The molecule has 0 atom stereocenters. The number of H-pyrrole nitrogens is 1. The Morgan fingerprint density at radius 1 is 1.38 bits per heavy atom. The third-order valence-electron chi connectivity index (χ3n) is 3.08. The molecule has 2 aromatic rings. The molecule has 0 aliphatic heterocycles. The molecule has 0 spiro atoms. The maximum Gasteiger partial charge on any atom is 0.244 e. The Balaban J connectivity index is 1.94. The molecule has 1 saturated carbocycles. The Bertz CT molecular complexity index is 554. The Morgan fingerprint density at radius 2 is 2.19 bits per heavy atom. The van der Waals surface area contributed by atoms with Crippen molar-refractivity contribution in [3.63, 3.8) is 0 Å². The molecule has 1 aliphatic rings. The Kier molecular flexibility index (Phi) is 1.82. The molecular formula is C12H13N3O. The highest BCUT2D eigenvalue weighted by atomic mass is 16.2. The highest BCUT2D eigenvalue weighted by molar-refractivity contribution is 6.05. The number of anilines is 1. The van der Waals surface area contributed by atoms with Gasteiger partial charge in [0.1, 0.15) is 0 Å². The maximum atomic E-state index is 11.8. The van der Waals surface area contributed by atoms with Crippen molar-refractivity contribution in [3.05, 3.63) is 30.5 Å². The van der Waals surface area contributed by atoms with Gasteiger partial charge in [-0.2, -0.15) is 0 Å². The molecular weight excluding hydrogens is 202 g/mol. The lowest BCUT2D eigenvalue weighted by molar-refractivity contribution is -0.118. The summed E-state index contributed by atoms with van der Waals surface area (Å²) in [5.74, 6) is -0.0822. The first-order valence-corrected chi connectivity index (χ1v) is 5.35. The number of nitrogens with one attached hydrogen (secondary N) is 2. The second kappa shape index (κ2) is 3.09. The molecule has 0 bridgehead atoms. The molecule has 1 aliphatic carbocycles. The molecule has 4 nitrogen and oxygen atoms in total. The molecule has 1 aromatic heterocycles. The minimum absolute atomic E-state index is 0.0822. The van der Waals surface area contributed by atoms with E-state index in [1.165, 1.54) is 0 Å². The molecule has 1 fully saturated rings. The topological polar surface area (TPSA) is 70.9 Å². The van der Waals surface area contributed by atoms with Gasteiger partial charge in [-0.05, 0) is 31.0 Å². The van der Waals surface area contributed by atoms with Crippen LogP contribution in [-0.4, -0.2) is 16.4 Å². The van der Waals surface area contributed by atoms with Crippen LogP contribution in [0, 0.1) is 0 Å². The van der Waals surface area contributed by atoms with Crippen molar-refractivity contribution < 1.29 is 4.79 Å². The zero-order valence-corrected chi connectivity index (χ0v) is 8.79. The number of aromatic amines is 1. The van der Waals surface area contributed by atoms with Crippen molar-refractivity contribution >= 4 is 22.5 Å². The van der Waals surface area contributed by atoms with Crippen molar-refractivity contribution in [1.82, 2.24) is 4.98 Å². The van der Waals surface area contributed by atoms with Crippen LogP contribution in [0.2, 0.25) is 0 Å². The van der Waals surface area contributed by atoms with E-state index in [0.29, 0.717) is 0 Å². The van der Waals surface area contributed by atoms with Gasteiger partial charge in [-0.3, -0.25) is 4.79 Å². The highest BCUT2D eigenvalue weighted by Crippen LogP contribution is 2.34. The number of aromatic nitrogens is 1. The van der Waals surface area contributed by atoms with E-state index in [9.17, 15) is 4.79 Å². The van der Waals surface area contributed by atoms with Gasteiger partial charge in [0.2, 0.25) is 5.91 Å². The Morgan fingerprint density at radius 3 is 2.94 bits per heavy atom. The summed E-state index contributed by atoms with van der Waals surface area (Å²) < 4.78 is 0. The lowest BCUT2D eigenvalue weighted by Gasteiger charge is -2.10. The summed E-state index contributed by atoms with van der Waals surface area (Å²) in [6, 6.07) is 7.71. The number of benzene rings is 1. The summed E-state index contributed by atoms with van der Waals surface area (Å²) in [4.78, 5) is 14.9. The molecule has 1 heterocycles. The third kappa shape index (κ3) is 1.39. The molecule has 3 rings (SSSR count). The van der Waals surface area contributed by atoms with E-state index in [1.807, 2.05) is 30.5 Å². The van der Waals surface area contributed by atoms with Crippen LogP contribution in [0.15, 0.2) is 30.5 Å². The van der Waals surface area contributed by atoms with Crippen molar-refractivity contribution in [2.75, 3.05) is 5.32 Å². The van der Waals surface area contributed by atoms with Gasteiger partial charge in [-0.25, -0.2) is 0 Å². The maximum absolute atomic E-state index is 11.8. The van der Waals surface area contributed by atoms with Gasteiger partial charge in [0.05, 0.1) is 11.2 Å². The Hall–Kier alpha value is -1.81. The van der Waals surface area contributed by atoms with Gasteiger partial charge in [0.15, 0.2) is 0 Å². The van der Waals surface area contributed by atoms with Gasteiger partial charge >= 0.3 is 0 Å². The second-order valence-corrected chi connectivity index (χ2v) is 4.35. The van der Waals surface area contributed by atoms with E-state index in [2.05, 4.69) is 10.3 Å². The minimum Gasteiger partial charge on any atom is -0.361 e. The van der Waals surface area contributed by atoms with Gasteiger partial charge in [0, 0.05) is 17.1 Å². The fourth-order valence-electron chi connectivity index (χ4n) is 1.80. The fourth-order valence-corrected chi connectivity index (χ4v) is 1.80. The van der Waals surface area contributed by atoms with E-state index in [1.54, 1.807) is 0 Å². The zero-order valence-electron chi connectivity index (χ0n) is 8.79. The molecule has 1 amide bonds. The van der Waals surface area contributed by atoms with Crippen LogP contribution in [0.1, 0.15) is 12.8 Å². The number of hydrogen-bond donors (Lipinski definition) is 3. The molecule has 1 aromatic carbocycles. The Labute approximate surface area is 92.8 Å². The third-order valence-corrected chi connectivity index (χ3v) is 3.08. The summed E-state index contributed by atoms with van der Waals surface area (Å²) in [6.45, 7) is 0. The van der Waals surface area contributed by atoms with Crippen LogP contribution >= 0.6 is 0 Å². The van der Waals surface area contributed by atoms with E-state index in [0.717, 1.165) is 29.4 Å². The van der Waals surface area contributed by atoms with Crippen LogP contribution in [0.3, 0.4) is 0 Å². The van der Waals surface area contributed by atoms with E-state index < -0.39 is 5.54 Å². The number of carbonyl (C=O) groups is 1. The predicted molar refractivity (Wildman–Crippen MR) is 63.1 cm³/mol. The van der Waals surface area contributed by atoms with Crippen LogP contribution in [-0.2, 0) is 4.79 Å². The standard InChI is InChI=1S/C12H13N3O/c13-12(5-6-12)11(16)15-10-3-1-2-9-8(10)4-7-14-9/h1-4,7,14H,5-6,13H2,(H,15,16). The predicted octanol–water partition coefficient (Wildman–Crippen LogP) is 1.60. The molecule has 0 radical (unpaired) electrons. The van der Waals surface area contributed by atoms with Gasteiger partial charge < -0.3 is 16.0 Å². The number of fused-ring (bicyclic) bond motifs is 1. The monoisotopic (exact) mass is 215 g/mol. The number of nitrogens with two attached hydrogens (primary N) is 1.